The van der Waals surface area contributed by atoms with Gasteiger partial charge >= 0.3 is 29.6 Å². The van der Waals surface area contributed by atoms with E-state index in [4.69, 9.17) is 19.2 Å². The molecule has 3 aromatic carbocycles. The van der Waals surface area contributed by atoms with Crippen LogP contribution in [0.1, 0.15) is 115 Å². The van der Waals surface area contributed by atoms with Crippen LogP contribution in [0.4, 0.5) is 10.2 Å². The highest BCUT2D eigenvalue weighted by molar-refractivity contribution is 5.97. The summed E-state index contributed by atoms with van der Waals surface area (Å²) in [6.45, 7) is 11.0. The fourth-order valence-corrected chi connectivity index (χ4v) is 7.89. The number of carboxylic acid groups (broad SMARTS) is 1. The molecule has 5 rings (SSSR count). The zero-order valence-electron chi connectivity index (χ0n) is 42.9. The Bertz CT molecular complexity index is 2640. The summed E-state index contributed by atoms with van der Waals surface area (Å²) in [5, 5.41) is 22.2. The van der Waals surface area contributed by atoms with E-state index in [-0.39, 0.29) is 31.2 Å². The molecule has 1 aliphatic rings. The Labute approximate surface area is 429 Å². The summed E-state index contributed by atoms with van der Waals surface area (Å²) < 4.78 is 33.5. The van der Waals surface area contributed by atoms with Gasteiger partial charge in [-0.2, -0.15) is 4.57 Å². The minimum absolute atomic E-state index is 0.0602. The molecule has 74 heavy (non-hydrogen) atoms. The van der Waals surface area contributed by atoms with Crippen LogP contribution in [0.2, 0.25) is 0 Å². The van der Waals surface area contributed by atoms with Gasteiger partial charge in [0.05, 0.1) is 25.9 Å². The first-order chi connectivity index (χ1) is 34.9. The molecule has 0 saturated carbocycles. The quantitative estimate of drug-likeness (QED) is 0.0293. The molecule has 1 unspecified atom stereocenters. The highest BCUT2D eigenvalue weighted by atomic mass is 19.1. The van der Waals surface area contributed by atoms with Gasteiger partial charge in [0.25, 0.3) is 0 Å². The second-order valence-electron chi connectivity index (χ2n) is 19.9. The molecular weight excluding hydrogens is 958 g/mol. The molecule has 1 aromatic heterocycles. The van der Waals surface area contributed by atoms with Crippen molar-refractivity contribution in [2.45, 2.75) is 142 Å². The SMILES string of the molecule is CC(=O)N[C@@H](CC(=O)O)C(=O)N[C@@H](CC(=O)OC(C)(C)C)C(=O)N[C@@H](CC(=O)OC(C)(C)C)C(=O)NCCCCCCOc1ccc(CC2Nc3c(Cc4ccccc4)nc(-c4ccccc4)c[n+]3C2=O)cc1F. The summed E-state index contributed by atoms with van der Waals surface area (Å²) in [6, 6.07) is 18.6. The average Bonchev–Trinajstić information content (AvgIpc) is 3.62. The number of carbonyl (C=O) groups is 8. The van der Waals surface area contributed by atoms with Crippen LogP contribution in [0.25, 0.3) is 11.3 Å². The maximum Gasteiger partial charge on any atom is 0.359 e. The third kappa shape index (κ3) is 18.4. The van der Waals surface area contributed by atoms with Gasteiger partial charge in [-0.15, -0.1) is 0 Å². The fraction of sp³-hybridized carbons (Fsp3) is 0.444. The van der Waals surface area contributed by atoms with E-state index < -0.39 is 102 Å². The first-order valence-corrected chi connectivity index (χ1v) is 24.5. The number of amides is 4. The van der Waals surface area contributed by atoms with Crippen LogP contribution in [0, 0.1) is 5.82 Å². The number of hydrogen-bond acceptors (Lipinski definition) is 13. The standard InChI is InChI=1S/C54H66FN7O12/c1-33(63)57-39(29-45(64)65)50(69)61-41(31-47(67)74-54(5,6)7)51(70)60-40(30-46(66)73-53(2,3)4)49(68)56-24-16-8-9-17-25-72-44-23-22-35(26-37(44)55)28-42-52(71)62-32-43(36-20-14-11-15-21-36)58-38(48(62)59-42)27-34-18-12-10-13-19-34/h10-15,18-23,26,32,39-42H,8-9,16-17,24-25,27-31H2,1-7H3,(H5,56,57,60,61,63,64,65,68,69,70)/p+1/t39-,40-,41-,42?/m0/s1. The Morgan fingerprint density at radius 3 is 1.86 bits per heavy atom. The van der Waals surface area contributed by atoms with Crippen molar-refractivity contribution in [2.24, 2.45) is 0 Å². The lowest BCUT2D eigenvalue weighted by Gasteiger charge is -2.26. The van der Waals surface area contributed by atoms with E-state index in [0.29, 0.717) is 54.9 Å². The molecule has 1 aliphatic heterocycles. The Balaban J connectivity index is 1.13. The van der Waals surface area contributed by atoms with Crippen molar-refractivity contribution in [3.63, 3.8) is 0 Å². The van der Waals surface area contributed by atoms with E-state index >= 15 is 4.39 Å². The molecule has 0 aliphatic carbocycles. The maximum atomic E-state index is 15.4. The number of halogens is 1. The van der Waals surface area contributed by atoms with Crippen molar-refractivity contribution in [3.8, 4) is 17.0 Å². The number of benzene rings is 3. The zero-order valence-corrected chi connectivity index (χ0v) is 42.9. The highest BCUT2D eigenvalue weighted by Crippen LogP contribution is 2.26. The normalized spacial score (nSPS) is 14.3. The van der Waals surface area contributed by atoms with Gasteiger partial charge in [0.2, 0.25) is 23.6 Å². The zero-order chi connectivity index (χ0) is 54.2. The number of unbranched alkanes of at least 4 members (excludes halogenated alkanes) is 3. The summed E-state index contributed by atoms with van der Waals surface area (Å²) in [4.78, 5) is 108. The van der Waals surface area contributed by atoms with Gasteiger partial charge in [0.15, 0.2) is 17.6 Å². The Hall–Kier alpha value is -7.77. The maximum absolute atomic E-state index is 15.4. The molecular formula is C54H67FN7O12+. The van der Waals surface area contributed by atoms with Crippen LogP contribution in [-0.4, -0.2) is 106 Å². The smallest absolute Gasteiger partial charge is 0.359 e. The molecule has 0 bridgehead atoms. The number of anilines is 1. The largest absolute Gasteiger partial charge is 0.491 e. The third-order valence-corrected chi connectivity index (χ3v) is 11.1. The van der Waals surface area contributed by atoms with E-state index in [0.717, 1.165) is 18.1 Å². The van der Waals surface area contributed by atoms with Gasteiger partial charge in [0, 0.05) is 31.9 Å². The van der Waals surface area contributed by atoms with Crippen molar-refractivity contribution in [2.75, 3.05) is 18.5 Å². The van der Waals surface area contributed by atoms with Gasteiger partial charge < -0.3 is 40.6 Å². The van der Waals surface area contributed by atoms with Crippen molar-refractivity contribution < 1.29 is 66.6 Å². The molecule has 2 heterocycles. The molecule has 20 heteroatoms. The summed E-state index contributed by atoms with van der Waals surface area (Å²) >= 11 is 0. The summed E-state index contributed by atoms with van der Waals surface area (Å²) in [5.41, 5.74) is 1.95. The number of esters is 2. The molecule has 0 saturated heterocycles. The number of aliphatic carboxylic acids is 1. The molecule has 396 valence electrons. The second kappa shape index (κ2) is 26.3. The number of fused-ring (bicyclic) bond motifs is 1. The lowest BCUT2D eigenvalue weighted by molar-refractivity contribution is -0.552. The topological polar surface area (TPSA) is 261 Å². The molecule has 19 nitrogen and oxygen atoms in total. The predicted molar refractivity (Wildman–Crippen MR) is 269 cm³/mol. The highest BCUT2D eigenvalue weighted by Gasteiger charge is 2.41. The van der Waals surface area contributed by atoms with Crippen LogP contribution in [0.3, 0.4) is 0 Å². The monoisotopic (exact) mass is 1020 g/mol. The Kier molecular flexibility index (Phi) is 20.3. The summed E-state index contributed by atoms with van der Waals surface area (Å²) in [5.74, 6) is -6.96. The van der Waals surface area contributed by atoms with E-state index in [2.05, 4.69) is 26.6 Å². The first kappa shape index (κ1) is 57.1. The van der Waals surface area contributed by atoms with Gasteiger partial charge in [-0.3, -0.25) is 38.9 Å². The lowest BCUT2D eigenvalue weighted by Crippen LogP contribution is -2.58. The summed E-state index contributed by atoms with van der Waals surface area (Å²) in [7, 11) is 0. The van der Waals surface area contributed by atoms with Crippen molar-refractivity contribution in [1.29, 1.82) is 0 Å². The van der Waals surface area contributed by atoms with Gasteiger partial charge in [-0.25, -0.2) is 14.2 Å². The summed E-state index contributed by atoms with van der Waals surface area (Å²) in [6.07, 6.45) is 2.50. The van der Waals surface area contributed by atoms with Crippen molar-refractivity contribution in [3.05, 3.63) is 108 Å². The second-order valence-corrected chi connectivity index (χ2v) is 19.9. The molecule has 0 fully saturated rings. The number of carboxylic acids is 1. The number of ether oxygens (including phenoxy) is 3. The minimum atomic E-state index is -1.73. The molecule has 4 aromatic rings. The van der Waals surface area contributed by atoms with Gasteiger partial charge in [-0.1, -0.05) is 79.6 Å². The van der Waals surface area contributed by atoms with Crippen LogP contribution in [0.5, 0.6) is 5.75 Å². The van der Waals surface area contributed by atoms with E-state index in [1.807, 2.05) is 60.7 Å². The van der Waals surface area contributed by atoms with E-state index in [1.54, 1.807) is 58.4 Å². The average molecular weight is 1030 g/mol. The van der Waals surface area contributed by atoms with Crippen molar-refractivity contribution >= 4 is 53.3 Å². The van der Waals surface area contributed by atoms with Crippen LogP contribution < -0.4 is 35.9 Å². The van der Waals surface area contributed by atoms with Crippen LogP contribution in [0.15, 0.2) is 85.1 Å². The molecule has 4 amide bonds. The number of rotatable bonds is 25. The number of hydrogen-bond donors (Lipinski definition) is 6. The fourth-order valence-electron chi connectivity index (χ4n) is 7.89. The first-order valence-electron chi connectivity index (χ1n) is 24.5. The van der Waals surface area contributed by atoms with Crippen molar-refractivity contribution in [1.82, 2.24) is 26.3 Å². The van der Waals surface area contributed by atoms with Crippen LogP contribution >= 0.6 is 0 Å². The Morgan fingerprint density at radius 1 is 0.730 bits per heavy atom. The van der Waals surface area contributed by atoms with Gasteiger partial charge in [0.1, 0.15) is 46.9 Å². The minimum Gasteiger partial charge on any atom is -0.491 e. The molecule has 0 radical (unpaired) electrons. The predicted octanol–water partition coefficient (Wildman–Crippen LogP) is 4.91. The number of aromatic nitrogens is 2. The molecule has 4 atom stereocenters. The van der Waals surface area contributed by atoms with E-state index in [1.165, 1.54) is 12.1 Å². The lowest BCUT2D eigenvalue weighted by atomic mass is 10.1. The molecule has 6 N–H and O–H groups in total. The number of carbonyl (C=O) groups excluding carboxylic acids is 7. The molecule has 0 spiro atoms. The van der Waals surface area contributed by atoms with Gasteiger partial charge in [-0.05, 0) is 77.6 Å². The Morgan fingerprint density at radius 2 is 1.30 bits per heavy atom. The van der Waals surface area contributed by atoms with Crippen LogP contribution in [-0.2, 0) is 55.9 Å². The van der Waals surface area contributed by atoms with E-state index in [9.17, 15) is 43.5 Å². The number of nitrogens with one attached hydrogen (secondary N) is 5. The third-order valence-electron chi connectivity index (χ3n) is 11.1. The number of nitrogens with zero attached hydrogens (tertiary/aromatic N) is 2.